The normalized spacial score (nSPS) is 31.6. The molecule has 0 amide bonds. The van der Waals surface area contributed by atoms with Crippen LogP contribution in [0.4, 0.5) is 8.78 Å². The number of hydrogen-bond donors (Lipinski definition) is 0. The number of alkyl halides is 2. The van der Waals surface area contributed by atoms with Crippen molar-refractivity contribution >= 4 is 0 Å². The van der Waals surface area contributed by atoms with Gasteiger partial charge in [-0.1, -0.05) is 0 Å². The van der Waals surface area contributed by atoms with E-state index in [4.69, 9.17) is 0 Å². The van der Waals surface area contributed by atoms with Crippen molar-refractivity contribution in [3.63, 3.8) is 0 Å². The highest BCUT2D eigenvalue weighted by atomic mass is 19.3. The highest BCUT2D eigenvalue weighted by Crippen LogP contribution is 2.32. The fourth-order valence-electron chi connectivity index (χ4n) is 1.73. The standard InChI is InChI=1S/C8H15F2N/c1-6(2)11-5-8(9,10)4-7(11)3/h6-7H,4-5H2,1-3H3/t7-/m1/s1. The lowest BCUT2D eigenvalue weighted by molar-refractivity contribution is 0.00919. The summed E-state index contributed by atoms with van der Waals surface area (Å²) in [4.78, 5) is 1.85. The van der Waals surface area contributed by atoms with Gasteiger partial charge < -0.3 is 0 Å². The molecular formula is C8H15F2N. The molecule has 1 fully saturated rings. The highest BCUT2D eigenvalue weighted by molar-refractivity contribution is 4.89. The Hall–Kier alpha value is -0.180. The summed E-state index contributed by atoms with van der Waals surface area (Å²) in [7, 11) is 0. The van der Waals surface area contributed by atoms with E-state index in [0.717, 1.165) is 0 Å². The zero-order valence-corrected chi connectivity index (χ0v) is 7.27. The number of nitrogens with zero attached hydrogens (tertiary/aromatic N) is 1. The molecule has 0 spiro atoms. The highest BCUT2D eigenvalue weighted by Gasteiger charge is 2.43. The topological polar surface area (TPSA) is 3.24 Å². The van der Waals surface area contributed by atoms with Crippen LogP contribution in [0, 0.1) is 0 Å². The molecule has 66 valence electrons. The van der Waals surface area contributed by atoms with Crippen molar-refractivity contribution in [3.05, 3.63) is 0 Å². The fraction of sp³-hybridized carbons (Fsp3) is 1.00. The van der Waals surface area contributed by atoms with Crippen LogP contribution >= 0.6 is 0 Å². The molecule has 0 aliphatic carbocycles. The molecule has 1 saturated heterocycles. The summed E-state index contributed by atoms with van der Waals surface area (Å²) in [5, 5.41) is 0. The zero-order valence-electron chi connectivity index (χ0n) is 7.27. The zero-order chi connectivity index (χ0) is 8.65. The molecule has 1 nitrogen and oxygen atoms in total. The summed E-state index contributed by atoms with van der Waals surface area (Å²) in [5.41, 5.74) is 0. The summed E-state index contributed by atoms with van der Waals surface area (Å²) < 4.78 is 25.5. The van der Waals surface area contributed by atoms with Crippen LogP contribution in [0.1, 0.15) is 27.2 Å². The number of likely N-dealkylation sites (tertiary alicyclic amines) is 1. The van der Waals surface area contributed by atoms with Crippen molar-refractivity contribution in [2.75, 3.05) is 6.54 Å². The lowest BCUT2D eigenvalue weighted by Crippen LogP contribution is -2.34. The molecule has 1 aliphatic rings. The van der Waals surface area contributed by atoms with Gasteiger partial charge in [-0.2, -0.15) is 0 Å². The Balaban J connectivity index is 2.59. The molecule has 0 N–H and O–H groups in total. The van der Waals surface area contributed by atoms with Gasteiger partial charge in [-0.05, 0) is 20.8 Å². The monoisotopic (exact) mass is 163 g/mol. The summed E-state index contributed by atoms with van der Waals surface area (Å²) in [6, 6.07) is 0.267. The molecule has 0 aromatic carbocycles. The molecule has 0 bridgehead atoms. The van der Waals surface area contributed by atoms with E-state index in [1.807, 2.05) is 25.7 Å². The predicted octanol–water partition coefficient (Wildman–Crippen LogP) is 2.12. The van der Waals surface area contributed by atoms with Crippen molar-refractivity contribution in [1.29, 1.82) is 0 Å². The second-order valence-corrected chi connectivity index (χ2v) is 3.68. The number of rotatable bonds is 1. The van der Waals surface area contributed by atoms with E-state index in [1.165, 1.54) is 0 Å². The average Bonchev–Trinajstić information content (AvgIpc) is 2.05. The second-order valence-electron chi connectivity index (χ2n) is 3.68. The Kier molecular flexibility index (Phi) is 2.19. The molecule has 0 aromatic rings. The van der Waals surface area contributed by atoms with Crippen LogP contribution in [0.25, 0.3) is 0 Å². The van der Waals surface area contributed by atoms with Gasteiger partial charge >= 0.3 is 0 Å². The summed E-state index contributed by atoms with van der Waals surface area (Å²) >= 11 is 0. The maximum atomic E-state index is 12.8. The summed E-state index contributed by atoms with van der Waals surface area (Å²) in [6.07, 6.45) is 0.0190. The number of halogens is 2. The van der Waals surface area contributed by atoms with Gasteiger partial charge in [-0.3, -0.25) is 4.90 Å². The van der Waals surface area contributed by atoms with E-state index in [-0.39, 0.29) is 25.0 Å². The Morgan fingerprint density at radius 1 is 1.45 bits per heavy atom. The SMILES string of the molecule is CC(C)N1CC(F)(F)C[C@H]1C. The van der Waals surface area contributed by atoms with Crippen molar-refractivity contribution in [2.24, 2.45) is 0 Å². The van der Waals surface area contributed by atoms with E-state index >= 15 is 0 Å². The lowest BCUT2D eigenvalue weighted by atomic mass is 10.2. The first-order valence-corrected chi connectivity index (χ1v) is 4.06. The summed E-state index contributed by atoms with van der Waals surface area (Å²) in [6.45, 7) is 5.71. The first kappa shape index (κ1) is 8.91. The Labute approximate surface area is 66.4 Å². The second kappa shape index (κ2) is 2.70. The van der Waals surface area contributed by atoms with Gasteiger partial charge in [0.2, 0.25) is 0 Å². The van der Waals surface area contributed by atoms with Crippen LogP contribution < -0.4 is 0 Å². The fourth-order valence-corrected chi connectivity index (χ4v) is 1.73. The quantitative estimate of drug-likeness (QED) is 0.572. The van der Waals surface area contributed by atoms with E-state index in [9.17, 15) is 8.78 Å². The van der Waals surface area contributed by atoms with Crippen molar-refractivity contribution < 1.29 is 8.78 Å². The van der Waals surface area contributed by atoms with Gasteiger partial charge in [0.1, 0.15) is 0 Å². The molecule has 0 radical (unpaired) electrons. The third kappa shape index (κ3) is 1.89. The Bertz CT molecular complexity index is 145. The molecule has 11 heavy (non-hydrogen) atoms. The Morgan fingerprint density at radius 2 is 2.00 bits per heavy atom. The third-order valence-corrected chi connectivity index (χ3v) is 2.24. The first-order chi connectivity index (χ1) is 4.92. The van der Waals surface area contributed by atoms with Crippen LogP contribution in [0.3, 0.4) is 0 Å². The third-order valence-electron chi connectivity index (χ3n) is 2.24. The average molecular weight is 163 g/mol. The van der Waals surface area contributed by atoms with Gasteiger partial charge in [-0.25, -0.2) is 8.78 Å². The molecule has 1 rings (SSSR count). The molecule has 1 aliphatic heterocycles. The minimum absolute atomic E-state index is 0.0190. The molecule has 0 aromatic heterocycles. The summed E-state index contributed by atoms with van der Waals surface area (Å²) in [5.74, 6) is -2.45. The molecule has 1 atom stereocenters. The van der Waals surface area contributed by atoms with Gasteiger partial charge in [0.25, 0.3) is 5.92 Å². The maximum absolute atomic E-state index is 12.8. The molecule has 1 heterocycles. The van der Waals surface area contributed by atoms with Crippen LogP contribution in [-0.4, -0.2) is 29.5 Å². The van der Waals surface area contributed by atoms with Gasteiger partial charge in [0.15, 0.2) is 0 Å². The van der Waals surface area contributed by atoms with Crippen LogP contribution in [0.2, 0.25) is 0 Å². The van der Waals surface area contributed by atoms with Crippen LogP contribution in [0.15, 0.2) is 0 Å². The van der Waals surface area contributed by atoms with E-state index < -0.39 is 5.92 Å². The van der Waals surface area contributed by atoms with Crippen LogP contribution in [0.5, 0.6) is 0 Å². The first-order valence-electron chi connectivity index (χ1n) is 4.06. The van der Waals surface area contributed by atoms with Gasteiger partial charge in [0.05, 0.1) is 6.54 Å². The van der Waals surface area contributed by atoms with Crippen molar-refractivity contribution in [3.8, 4) is 0 Å². The molecule has 3 heteroatoms. The minimum Gasteiger partial charge on any atom is -0.292 e. The predicted molar refractivity (Wildman–Crippen MR) is 40.9 cm³/mol. The number of hydrogen-bond acceptors (Lipinski definition) is 1. The smallest absolute Gasteiger partial charge is 0.262 e. The van der Waals surface area contributed by atoms with E-state index in [1.54, 1.807) is 0 Å². The van der Waals surface area contributed by atoms with Gasteiger partial charge in [-0.15, -0.1) is 0 Å². The van der Waals surface area contributed by atoms with E-state index in [0.29, 0.717) is 0 Å². The van der Waals surface area contributed by atoms with Crippen LogP contribution in [-0.2, 0) is 0 Å². The van der Waals surface area contributed by atoms with E-state index in [2.05, 4.69) is 0 Å². The largest absolute Gasteiger partial charge is 0.292 e. The maximum Gasteiger partial charge on any atom is 0.262 e. The van der Waals surface area contributed by atoms with Crippen molar-refractivity contribution in [1.82, 2.24) is 4.90 Å². The van der Waals surface area contributed by atoms with Crippen molar-refractivity contribution in [2.45, 2.75) is 45.2 Å². The van der Waals surface area contributed by atoms with Gasteiger partial charge in [0, 0.05) is 18.5 Å². The minimum atomic E-state index is -2.45. The molecule has 0 saturated carbocycles. The lowest BCUT2D eigenvalue weighted by Gasteiger charge is -2.24. The Morgan fingerprint density at radius 3 is 2.18 bits per heavy atom. The molecule has 0 unspecified atom stereocenters. The molecular weight excluding hydrogens is 148 g/mol.